The Bertz CT molecular complexity index is 807. The molecule has 4 nitrogen and oxygen atoms in total. The summed E-state index contributed by atoms with van der Waals surface area (Å²) in [5.41, 5.74) is 0. The van der Waals surface area contributed by atoms with Crippen molar-refractivity contribution in [2.24, 2.45) is 0 Å². The zero-order chi connectivity index (χ0) is 41.2. The zero-order valence-electron chi connectivity index (χ0n) is 38.9. The Morgan fingerprint density at radius 1 is 0.421 bits per heavy atom. The molecule has 338 valence electrons. The van der Waals surface area contributed by atoms with Crippen molar-refractivity contribution in [3.63, 3.8) is 0 Å². The number of aliphatic hydroxyl groups excluding tert-OH is 1. The first-order valence-electron chi connectivity index (χ1n) is 25.9. The van der Waals surface area contributed by atoms with Gasteiger partial charge in [-0.3, -0.25) is 4.79 Å². The molecular formula is C53H102O4. The fourth-order valence-corrected chi connectivity index (χ4v) is 7.89. The van der Waals surface area contributed by atoms with Gasteiger partial charge >= 0.3 is 5.97 Å². The van der Waals surface area contributed by atoms with E-state index in [1.165, 1.54) is 238 Å². The highest BCUT2D eigenvalue weighted by Crippen LogP contribution is 2.16. The lowest BCUT2D eigenvalue weighted by Gasteiger charge is -2.16. The van der Waals surface area contributed by atoms with E-state index < -0.39 is 6.10 Å². The Balaban J connectivity index is 3.36. The number of carbonyl (C=O) groups excluding carboxylic acids is 1. The van der Waals surface area contributed by atoms with Gasteiger partial charge in [0.1, 0.15) is 6.10 Å². The lowest BCUT2D eigenvalue weighted by atomic mass is 10.0. The molecule has 0 saturated heterocycles. The van der Waals surface area contributed by atoms with E-state index in [9.17, 15) is 9.90 Å². The fourth-order valence-electron chi connectivity index (χ4n) is 7.89. The molecule has 0 aliphatic carbocycles. The molecule has 0 rings (SSSR count). The third-order valence-electron chi connectivity index (χ3n) is 11.8. The minimum atomic E-state index is -0.531. The second-order valence-electron chi connectivity index (χ2n) is 17.6. The van der Waals surface area contributed by atoms with E-state index in [0.717, 1.165) is 25.7 Å². The zero-order valence-corrected chi connectivity index (χ0v) is 38.9. The molecule has 0 aliphatic rings. The van der Waals surface area contributed by atoms with Crippen LogP contribution in [0.2, 0.25) is 0 Å². The van der Waals surface area contributed by atoms with Crippen molar-refractivity contribution in [1.29, 1.82) is 0 Å². The highest BCUT2D eigenvalue weighted by molar-refractivity contribution is 5.69. The predicted molar refractivity (Wildman–Crippen MR) is 251 cm³/mol. The van der Waals surface area contributed by atoms with E-state index in [0.29, 0.717) is 19.6 Å². The van der Waals surface area contributed by atoms with Gasteiger partial charge in [0, 0.05) is 13.0 Å². The van der Waals surface area contributed by atoms with E-state index in [-0.39, 0.29) is 12.6 Å². The lowest BCUT2D eigenvalue weighted by Crippen LogP contribution is -2.27. The normalized spacial score (nSPS) is 12.4. The molecule has 0 aromatic rings. The number of hydrogen-bond donors (Lipinski definition) is 1. The largest absolute Gasteiger partial charge is 0.457 e. The summed E-state index contributed by atoms with van der Waals surface area (Å²) in [7, 11) is 0. The van der Waals surface area contributed by atoms with Crippen molar-refractivity contribution in [2.45, 2.75) is 290 Å². The number of allylic oxidation sites excluding steroid dienone is 4. The molecule has 0 aromatic carbocycles. The van der Waals surface area contributed by atoms with Crippen LogP contribution in [0, 0.1) is 0 Å². The van der Waals surface area contributed by atoms with Crippen LogP contribution in [0.1, 0.15) is 284 Å². The molecule has 1 N–H and O–H groups in total. The molecule has 0 heterocycles. The van der Waals surface area contributed by atoms with Gasteiger partial charge in [-0.15, -0.1) is 0 Å². The quantitative estimate of drug-likeness (QED) is 0.0378. The maximum atomic E-state index is 12.3. The van der Waals surface area contributed by atoms with Crippen molar-refractivity contribution < 1.29 is 19.4 Å². The van der Waals surface area contributed by atoms with Crippen molar-refractivity contribution in [3.8, 4) is 0 Å². The standard InChI is InChI=1S/C53H102O4/c1-3-5-7-9-11-13-15-17-19-21-23-25-26-27-28-29-30-32-34-36-38-40-42-44-46-48-53(55)57-52(50-54)51-56-49-47-45-43-41-39-37-35-33-31-24-22-20-18-16-14-12-10-8-6-4-2/h15,17,21,23,52,54H,3-14,16,18-20,22,24-51H2,1-2H3/b17-15-,23-21-. The average Bonchev–Trinajstić information content (AvgIpc) is 3.22. The van der Waals surface area contributed by atoms with Gasteiger partial charge in [0.15, 0.2) is 0 Å². The maximum Gasteiger partial charge on any atom is 0.306 e. The molecule has 0 spiro atoms. The molecule has 1 atom stereocenters. The Kier molecular flexibility index (Phi) is 50.0. The van der Waals surface area contributed by atoms with Gasteiger partial charge < -0.3 is 14.6 Å². The van der Waals surface area contributed by atoms with E-state index in [2.05, 4.69) is 38.2 Å². The average molecular weight is 803 g/mol. The molecule has 0 fully saturated rings. The monoisotopic (exact) mass is 803 g/mol. The van der Waals surface area contributed by atoms with Gasteiger partial charge in [0.05, 0.1) is 13.2 Å². The van der Waals surface area contributed by atoms with Crippen molar-refractivity contribution >= 4 is 5.97 Å². The van der Waals surface area contributed by atoms with Gasteiger partial charge in [-0.25, -0.2) is 0 Å². The van der Waals surface area contributed by atoms with Gasteiger partial charge in [0.25, 0.3) is 0 Å². The third kappa shape index (κ3) is 49.1. The Labute approximate surface area is 358 Å². The van der Waals surface area contributed by atoms with E-state index in [1.54, 1.807) is 0 Å². The fraction of sp³-hybridized carbons (Fsp3) is 0.906. The van der Waals surface area contributed by atoms with Gasteiger partial charge in [-0.1, -0.05) is 256 Å². The number of rotatable bonds is 49. The summed E-state index contributed by atoms with van der Waals surface area (Å²) < 4.78 is 11.2. The number of ether oxygens (including phenoxy) is 2. The summed E-state index contributed by atoms with van der Waals surface area (Å²) in [6, 6.07) is 0. The summed E-state index contributed by atoms with van der Waals surface area (Å²) in [6.45, 7) is 5.39. The highest BCUT2D eigenvalue weighted by atomic mass is 16.6. The van der Waals surface area contributed by atoms with Crippen molar-refractivity contribution in [3.05, 3.63) is 24.3 Å². The van der Waals surface area contributed by atoms with Crippen LogP contribution in [-0.2, 0) is 14.3 Å². The van der Waals surface area contributed by atoms with Crippen LogP contribution >= 0.6 is 0 Å². The van der Waals surface area contributed by atoms with Gasteiger partial charge in [-0.05, 0) is 44.9 Å². The summed E-state index contributed by atoms with van der Waals surface area (Å²) in [5.74, 6) is -0.195. The second kappa shape index (κ2) is 51.0. The molecule has 0 saturated carbocycles. The van der Waals surface area contributed by atoms with Crippen LogP contribution in [0.25, 0.3) is 0 Å². The minimum Gasteiger partial charge on any atom is -0.457 e. The molecule has 4 heteroatoms. The number of aliphatic hydroxyl groups is 1. The molecular weight excluding hydrogens is 701 g/mol. The summed E-state index contributed by atoms with van der Waals surface area (Å²) in [6.07, 6.45) is 64.2. The number of hydrogen-bond acceptors (Lipinski definition) is 4. The SMILES string of the molecule is CCCCCCC/C=C\C/C=C\CCCCCCCCCCCCCCCC(=O)OC(CO)COCCCCCCCCCCCCCCCCCCCCCC. The maximum absolute atomic E-state index is 12.3. The van der Waals surface area contributed by atoms with Gasteiger partial charge in [0.2, 0.25) is 0 Å². The first kappa shape index (κ1) is 55.9. The molecule has 0 radical (unpaired) electrons. The molecule has 1 unspecified atom stereocenters. The lowest BCUT2D eigenvalue weighted by molar-refractivity contribution is -0.154. The molecule has 0 aliphatic heterocycles. The molecule has 0 aromatic heterocycles. The second-order valence-corrected chi connectivity index (χ2v) is 17.6. The first-order valence-corrected chi connectivity index (χ1v) is 25.9. The predicted octanol–water partition coefficient (Wildman–Crippen LogP) is 17.4. The Morgan fingerprint density at radius 2 is 0.737 bits per heavy atom. The van der Waals surface area contributed by atoms with Crippen LogP contribution in [0.15, 0.2) is 24.3 Å². The summed E-state index contributed by atoms with van der Waals surface area (Å²) in [4.78, 5) is 12.3. The van der Waals surface area contributed by atoms with Crippen LogP contribution in [-0.4, -0.2) is 37.0 Å². The smallest absolute Gasteiger partial charge is 0.306 e. The van der Waals surface area contributed by atoms with Crippen LogP contribution < -0.4 is 0 Å². The number of unbranched alkanes of at least 4 members (excludes halogenated alkanes) is 37. The number of esters is 1. The van der Waals surface area contributed by atoms with Gasteiger partial charge in [-0.2, -0.15) is 0 Å². The molecule has 57 heavy (non-hydrogen) atoms. The van der Waals surface area contributed by atoms with Crippen LogP contribution in [0.5, 0.6) is 0 Å². The van der Waals surface area contributed by atoms with Crippen molar-refractivity contribution in [1.82, 2.24) is 0 Å². The van der Waals surface area contributed by atoms with E-state index in [4.69, 9.17) is 9.47 Å². The Morgan fingerprint density at radius 3 is 1.09 bits per heavy atom. The van der Waals surface area contributed by atoms with E-state index >= 15 is 0 Å². The Hall–Kier alpha value is -1.13. The summed E-state index contributed by atoms with van der Waals surface area (Å²) >= 11 is 0. The number of carbonyl (C=O) groups is 1. The molecule has 0 amide bonds. The van der Waals surface area contributed by atoms with Crippen molar-refractivity contribution in [2.75, 3.05) is 19.8 Å². The summed E-state index contributed by atoms with van der Waals surface area (Å²) in [5, 5.41) is 9.65. The van der Waals surface area contributed by atoms with E-state index in [1.807, 2.05) is 0 Å². The topological polar surface area (TPSA) is 55.8 Å². The van der Waals surface area contributed by atoms with Crippen LogP contribution in [0.3, 0.4) is 0 Å². The molecule has 0 bridgehead atoms. The third-order valence-corrected chi connectivity index (χ3v) is 11.8. The van der Waals surface area contributed by atoms with Crippen LogP contribution in [0.4, 0.5) is 0 Å². The highest BCUT2D eigenvalue weighted by Gasteiger charge is 2.13. The minimum absolute atomic E-state index is 0.166. The first-order chi connectivity index (χ1) is 28.2.